The summed E-state index contributed by atoms with van der Waals surface area (Å²) in [7, 11) is 1.63. The van der Waals surface area contributed by atoms with Gasteiger partial charge in [-0.3, -0.25) is 0 Å². The highest BCUT2D eigenvalue weighted by Crippen LogP contribution is 2.25. The molecule has 3 rings (SSSR count). The number of hydrogen-bond acceptors (Lipinski definition) is 5. The molecular formula is C18H16Cl2N4O. The van der Waals surface area contributed by atoms with E-state index in [9.17, 15) is 0 Å². The quantitative estimate of drug-likeness (QED) is 0.609. The second-order valence-electron chi connectivity index (χ2n) is 5.36. The minimum Gasteiger partial charge on any atom is -0.497 e. The van der Waals surface area contributed by atoms with Gasteiger partial charge in [0.2, 0.25) is 5.95 Å². The van der Waals surface area contributed by atoms with Crippen molar-refractivity contribution in [1.29, 1.82) is 0 Å². The van der Waals surface area contributed by atoms with Crippen molar-refractivity contribution >= 4 is 46.3 Å². The maximum Gasteiger partial charge on any atom is 0.229 e. The van der Waals surface area contributed by atoms with Crippen LogP contribution >= 0.6 is 23.2 Å². The molecule has 1 heterocycles. The largest absolute Gasteiger partial charge is 0.497 e. The molecular weight excluding hydrogens is 359 g/mol. The second kappa shape index (κ2) is 7.59. The molecule has 3 aromatic rings. The lowest BCUT2D eigenvalue weighted by Gasteiger charge is -2.11. The molecule has 5 nitrogen and oxygen atoms in total. The summed E-state index contributed by atoms with van der Waals surface area (Å²) >= 11 is 12.1. The van der Waals surface area contributed by atoms with E-state index < -0.39 is 0 Å². The summed E-state index contributed by atoms with van der Waals surface area (Å²) in [4.78, 5) is 8.87. The number of nitrogens with one attached hydrogen (secondary N) is 2. The number of methoxy groups -OCH3 is 1. The van der Waals surface area contributed by atoms with Crippen molar-refractivity contribution in [3.05, 3.63) is 64.3 Å². The molecule has 128 valence electrons. The van der Waals surface area contributed by atoms with E-state index in [0.29, 0.717) is 21.8 Å². The van der Waals surface area contributed by atoms with Crippen molar-refractivity contribution in [2.45, 2.75) is 6.92 Å². The van der Waals surface area contributed by atoms with Gasteiger partial charge in [-0.2, -0.15) is 4.98 Å². The van der Waals surface area contributed by atoms with Crippen LogP contribution in [0, 0.1) is 6.92 Å². The predicted molar refractivity (Wildman–Crippen MR) is 103 cm³/mol. The van der Waals surface area contributed by atoms with Gasteiger partial charge in [0.15, 0.2) is 0 Å². The zero-order valence-corrected chi connectivity index (χ0v) is 15.2. The molecule has 0 bridgehead atoms. The van der Waals surface area contributed by atoms with Gasteiger partial charge in [0.05, 0.1) is 7.11 Å². The minimum absolute atomic E-state index is 0.448. The molecule has 0 saturated carbocycles. The Balaban J connectivity index is 1.84. The molecule has 0 aliphatic rings. The zero-order valence-electron chi connectivity index (χ0n) is 13.7. The van der Waals surface area contributed by atoms with Crippen LogP contribution in [0.3, 0.4) is 0 Å². The Morgan fingerprint density at radius 2 is 1.64 bits per heavy atom. The van der Waals surface area contributed by atoms with Crippen LogP contribution in [0.15, 0.2) is 48.5 Å². The SMILES string of the molecule is COc1cccc(Nc2cc(C)nc(Nc3cc(Cl)cc(Cl)c3)n2)c1. The minimum atomic E-state index is 0.448. The Hall–Kier alpha value is -2.50. The van der Waals surface area contributed by atoms with E-state index in [2.05, 4.69) is 20.6 Å². The van der Waals surface area contributed by atoms with Crippen molar-refractivity contribution in [2.24, 2.45) is 0 Å². The van der Waals surface area contributed by atoms with Crippen molar-refractivity contribution in [1.82, 2.24) is 9.97 Å². The van der Waals surface area contributed by atoms with Crippen LogP contribution in [0.5, 0.6) is 5.75 Å². The van der Waals surface area contributed by atoms with Gasteiger partial charge in [-0.15, -0.1) is 0 Å². The standard InChI is InChI=1S/C18H16Cl2N4O/c1-11-6-17(22-14-4-3-5-16(10-14)25-2)24-18(21-11)23-15-8-12(19)7-13(20)9-15/h3-10H,1-2H3,(H2,21,22,23,24). The van der Waals surface area contributed by atoms with Gasteiger partial charge in [0, 0.05) is 39.2 Å². The van der Waals surface area contributed by atoms with E-state index in [1.165, 1.54) is 0 Å². The molecule has 7 heteroatoms. The van der Waals surface area contributed by atoms with Gasteiger partial charge >= 0.3 is 0 Å². The fraction of sp³-hybridized carbons (Fsp3) is 0.111. The third kappa shape index (κ3) is 4.75. The lowest BCUT2D eigenvalue weighted by molar-refractivity contribution is 0.415. The molecule has 2 N–H and O–H groups in total. The van der Waals surface area contributed by atoms with E-state index in [4.69, 9.17) is 27.9 Å². The molecule has 0 atom stereocenters. The first-order valence-electron chi connectivity index (χ1n) is 7.52. The molecule has 0 saturated heterocycles. The fourth-order valence-corrected chi connectivity index (χ4v) is 2.82. The molecule has 0 radical (unpaired) electrons. The van der Waals surface area contributed by atoms with Crippen molar-refractivity contribution in [3.8, 4) is 5.75 Å². The van der Waals surface area contributed by atoms with E-state index in [1.807, 2.05) is 37.3 Å². The van der Waals surface area contributed by atoms with E-state index in [1.54, 1.807) is 25.3 Å². The summed E-state index contributed by atoms with van der Waals surface area (Å²) in [5, 5.41) is 7.44. The number of benzene rings is 2. The normalized spacial score (nSPS) is 10.4. The first-order valence-corrected chi connectivity index (χ1v) is 8.27. The van der Waals surface area contributed by atoms with E-state index >= 15 is 0 Å². The Labute approximate surface area is 156 Å². The summed E-state index contributed by atoms with van der Waals surface area (Å²) in [5.74, 6) is 1.88. The van der Waals surface area contributed by atoms with Crippen LogP contribution in [0.4, 0.5) is 23.1 Å². The van der Waals surface area contributed by atoms with Crippen LogP contribution < -0.4 is 15.4 Å². The molecule has 2 aromatic carbocycles. The lowest BCUT2D eigenvalue weighted by atomic mass is 10.3. The predicted octanol–water partition coefficient (Wildman–Crippen LogP) is 5.59. The van der Waals surface area contributed by atoms with Crippen LogP contribution in [-0.2, 0) is 0 Å². The van der Waals surface area contributed by atoms with Crippen LogP contribution in [-0.4, -0.2) is 17.1 Å². The smallest absolute Gasteiger partial charge is 0.229 e. The second-order valence-corrected chi connectivity index (χ2v) is 6.23. The van der Waals surface area contributed by atoms with E-state index in [0.717, 1.165) is 22.8 Å². The number of nitrogens with zero attached hydrogens (tertiary/aromatic N) is 2. The van der Waals surface area contributed by atoms with Gasteiger partial charge in [0.25, 0.3) is 0 Å². The van der Waals surface area contributed by atoms with Crippen LogP contribution in [0.25, 0.3) is 0 Å². The van der Waals surface area contributed by atoms with Crippen molar-refractivity contribution in [2.75, 3.05) is 17.7 Å². The molecule has 0 amide bonds. The summed E-state index contributed by atoms with van der Waals surface area (Å²) in [6.45, 7) is 1.90. The Bertz CT molecular complexity index is 882. The number of aryl methyl sites for hydroxylation is 1. The van der Waals surface area contributed by atoms with Crippen LogP contribution in [0.2, 0.25) is 10.0 Å². The Morgan fingerprint density at radius 1 is 0.880 bits per heavy atom. The Kier molecular flexibility index (Phi) is 5.26. The lowest BCUT2D eigenvalue weighted by Crippen LogP contribution is -2.02. The molecule has 1 aromatic heterocycles. The third-order valence-corrected chi connectivity index (χ3v) is 3.75. The van der Waals surface area contributed by atoms with Gasteiger partial charge < -0.3 is 15.4 Å². The highest BCUT2D eigenvalue weighted by Gasteiger charge is 2.06. The molecule has 0 unspecified atom stereocenters. The average Bonchev–Trinajstić information content (AvgIpc) is 2.53. The van der Waals surface area contributed by atoms with Gasteiger partial charge in [0.1, 0.15) is 11.6 Å². The topological polar surface area (TPSA) is 59.1 Å². The van der Waals surface area contributed by atoms with Crippen molar-refractivity contribution < 1.29 is 4.74 Å². The first kappa shape index (κ1) is 17.3. The fourth-order valence-electron chi connectivity index (χ4n) is 2.29. The molecule has 0 aliphatic heterocycles. The van der Waals surface area contributed by atoms with Gasteiger partial charge in [-0.1, -0.05) is 29.3 Å². The number of ether oxygens (including phenoxy) is 1. The monoisotopic (exact) mass is 374 g/mol. The highest BCUT2D eigenvalue weighted by atomic mass is 35.5. The molecule has 25 heavy (non-hydrogen) atoms. The molecule has 0 spiro atoms. The highest BCUT2D eigenvalue weighted by molar-refractivity contribution is 6.35. The zero-order chi connectivity index (χ0) is 17.8. The number of rotatable bonds is 5. The Morgan fingerprint density at radius 3 is 2.36 bits per heavy atom. The average molecular weight is 375 g/mol. The van der Waals surface area contributed by atoms with Gasteiger partial charge in [-0.25, -0.2) is 4.98 Å². The number of aromatic nitrogens is 2. The number of halogens is 2. The summed E-state index contributed by atoms with van der Waals surface area (Å²) in [6, 6.07) is 14.7. The molecule has 0 aliphatic carbocycles. The van der Waals surface area contributed by atoms with E-state index in [-0.39, 0.29) is 0 Å². The number of hydrogen-bond donors (Lipinski definition) is 2. The first-order chi connectivity index (χ1) is 12.0. The third-order valence-electron chi connectivity index (χ3n) is 3.32. The van der Waals surface area contributed by atoms with Crippen LogP contribution in [0.1, 0.15) is 5.69 Å². The number of anilines is 4. The maximum absolute atomic E-state index is 6.03. The summed E-state index contributed by atoms with van der Waals surface area (Å²) in [5.41, 5.74) is 2.40. The van der Waals surface area contributed by atoms with Gasteiger partial charge in [-0.05, 0) is 37.3 Å². The summed E-state index contributed by atoms with van der Waals surface area (Å²) < 4.78 is 5.23. The molecule has 0 fully saturated rings. The van der Waals surface area contributed by atoms with Crippen molar-refractivity contribution in [3.63, 3.8) is 0 Å². The summed E-state index contributed by atoms with van der Waals surface area (Å²) in [6.07, 6.45) is 0. The maximum atomic E-state index is 6.03.